The molecule has 0 saturated heterocycles. The molecule has 1 unspecified atom stereocenters. The van der Waals surface area contributed by atoms with Gasteiger partial charge in [0.05, 0.1) is 0 Å². The van der Waals surface area contributed by atoms with Gasteiger partial charge in [0.1, 0.15) is 5.75 Å². The summed E-state index contributed by atoms with van der Waals surface area (Å²) in [4.78, 5) is 0. The summed E-state index contributed by atoms with van der Waals surface area (Å²) in [5.41, 5.74) is 8.19. The van der Waals surface area contributed by atoms with E-state index in [-0.39, 0.29) is 6.04 Å². The molecule has 0 aliphatic carbocycles. The third-order valence-corrected chi connectivity index (χ3v) is 2.33. The molecular weight excluding hydrogens is 174 g/mol. The van der Waals surface area contributed by atoms with Crippen LogP contribution in [-0.4, -0.2) is 5.11 Å². The van der Waals surface area contributed by atoms with Gasteiger partial charge in [0.25, 0.3) is 0 Å². The molecule has 1 atom stereocenters. The Hall–Kier alpha value is -1.28. The summed E-state index contributed by atoms with van der Waals surface area (Å²) in [6.07, 6.45) is 3.46. The van der Waals surface area contributed by atoms with Crippen LogP contribution in [0.15, 0.2) is 30.9 Å². The molecule has 76 valence electrons. The summed E-state index contributed by atoms with van der Waals surface area (Å²) in [5, 5.41) is 9.32. The summed E-state index contributed by atoms with van der Waals surface area (Å²) in [6.45, 7) is 5.72. The van der Waals surface area contributed by atoms with Gasteiger partial charge >= 0.3 is 0 Å². The maximum atomic E-state index is 9.32. The molecule has 14 heavy (non-hydrogen) atoms. The van der Waals surface area contributed by atoms with Crippen molar-refractivity contribution >= 4 is 0 Å². The fourth-order valence-electron chi connectivity index (χ4n) is 1.57. The van der Waals surface area contributed by atoms with Crippen molar-refractivity contribution in [2.75, 3.05) is 0 Å². The van der Waals surface area contributed by atoms with Crippen molar-refractivity contribution in [2.45, 2.75) is 25.8 Å². The van der Waals surface area contributed by atoms with Crippen LogP contribution in [0.3, 0.4) is 0 Å². The van der Waals surface area contributed by atoms with Crippen molar-refractivity contribution < 1.29 is 5.11 Å². The Labute approximate surface area is 85.1 Å². The Kier molecular flexibility index (Phi) is 3.72. The lowest BCUT2D eigenvalue weighted by molar-refractivity contribution is 0.474. The number of nitrogens with two attached hydrogens (primary N) is 1. The topological polar surface area (TPSA) is 46.2 Å². The zero-order valence-corrected chi connectivity index (χ0v) is 8.53. The monoisotopic (exact) mass is 191 g/mol. The number of phenolic OH excluding ortho intramolecular Hbond substituents is 1. The smallest absolute Gasteiger partial charge is 0.115 e. The fourth-order valence-corrected chi connectivity index (χ4v) is 1.57. The van der Waals surface area contributed by atoms with Gasteiger partial charge in [0, 0.05) is 6.04 Å². The van der Waals surface area contributed by atoms with Crippen LogP contribution in [0.25, 0.3) is 0 Å². The van der Waals surface area contributed by atoms with Gasteiger partial charge in [-0.3, -0.25) is 0 Å². The molecule has 0 radical (unpaired) electrons. The minimum absolute atomic E-state index is 0.0111. The number of hydrogen-bond donors (Lipinski definition) is 2. The molecule has 2 heteroatoms. The number of aryl methyl sites for hydroxylation is 1. The molecule has 1 aromatic rings. The van der Waals surface area contributed by atoms with Crippen LogP contribution in [0, 0.1) is 0 Å². The molecular formula is C12H17NO. The second-order valence-electron chi connectivity index (χ2n) is 3.37. The van der Waals surface area contributed by atoms with Gasteiger partial charge in [-0.15, -0.1) is 6.58 Å². The first-order valence-corrected chi connectivity index (χ1v) is 4.87. The van der Waals surface area contributed by atoms with Crippen LogP contribution in [-0.2, 0) is 6.42 Å². The number of rotatable bonds is 4. The van der Waals surface area contributed by atoms with Crippen LogP contribution in [0.5, 0.6) is 5.75 Å². The zero-order chi connectivity index (χ0) is 10.6. The zero-order valence-electron chi connectivity index (χ0n) is 8.53. The minimum Gasteiger partial charge on any atom is -0.508 e. The average molecular weight is 191 g/mol. The van der Waals surface area contributed by atoms with Gasteiger partial charge in [-0.25, -0.2) is 0 Å². The Bertz CT molecular complexity index is 320. The van der Waals surface area contributed by atoms with E-state index in [1.54, 1.807) is 12.1 Å². The lowest BCUT2D eigenvalue weighted by atomic mass is 9.97. The van der Waals surface area contributed by atoms with Gasteiger partial charge in [-0.05, 0) is 36.1 Å². The summed E-state index contributed by atoms with van der Waals surface area (Å²) in [6, 6.07) is 5.33. The highest BCUT2D eigenvalue weighted by molar-refractivity contribution is 5.36. The van der Waals surface area contributed by atoms with Crippen molar-refractivity contribution in [3.63, 3.8) is 0 Å². The number of phenols is 1. The Balaban J connectivity index is 3.00. The molecule has 0 bridgehead atoms. The number of hydrogen-bond acceptors (Lipinski definition) is 2. The minimum atomic E-state index is -0.0111. The van der Waals surface area contributed by atoms with E-state index >= 15 is 0 Å². The molecule has 0 saturated carbocycles. The van der Waals surface area contributed by atoms with Gasteiger partial charge in [0.2, 0.25) is 0 Å². The first-order valence-electron chi connectivity index (χ1n) is 4.87. The third kappa shape index (κ3) is 2.36. The van der Waals surface area contributed by atoms with E-state index in [9.17, 15) is 5.11 Å². The van der Waals surface area contributed by atoms with Crippen LogP contribution in [0.4, 0.5) is 0 Å². The molecule has 0 aliphatic heterocycles. The predicted octanol–water partition coefficient (Wildman–Crippen LogP) is 2.53. The molecule has 1 rings (SSSR count). The second-order valence-corrected chi connectivity index (χ2v) is 3.37. The van der Waals surface area contributed by atoms with Crippen molar-refractivity contribution in [1.82, 2.24) is 0 Å². The van der Waals surface area contributed by atoms with Gasteiger partial charge in [-0.1, -0.05) is 19.1 Å². The van der Waals surface area contributed by atoms with E-state index in [4.69, 9.17) is 5.73 Å². The highest BCUT2D eigenvalue weighted by atomic mass is 16.3. The standard InChI is InChI=1S/C12H17NO/c1-3-5-12(13)11-7-6-10(14)8-9(11)4-2/h3,6-8,12,14H,1,4-5,13H2,2H3. The van der Waals surface area contributed by atoms with Crippen LogP contribution < -0.4 is 5.73 Å². The normalized spacial score (nSPS) is 12.4. The lowest BCUT2D eigenvalue weighted by Crippen LogP contribution is -2.11. The van der Waals surface area contributed by atoms with Crippen LogP contribution in [0.1, 0.15) is 30.5 Å². The molecule has 0 aromatic heterocycles. The molecule has 0 aliphatic rings. The first-order chi connectivity index (χ1) is 6.69. The van der Waals surface area contributed by atoms with Gasteiger partial charge in [0.15, 0.2) is 0 Å². The number of benzene rings is 1. The average Bonchev–Trinajstić information content (AvgIpc) is 2.17. The Morgan fingerprint density at radius 1 is 1.57 bits per heavy atom. The molecule has 0 heterocycles. The molecule has 2 nitrogen and oxygen atoms in total. The summed E-state index contributed by atoms with van der Waals surface area (Å²) in [5.74, 6) is 0.302. The van der Waals surface area contributed by atoms with Crippen molar-refractivity contribution in [3.8, 4) is 5.75 Å². The van der Waals surface area contributed by atoms with Crippen molar-refractivity contribution in [2.24, 2.45) is 5.73 Å². The van der Waals surface area contributed by atoms with E-state index in [1.807, 2.05) is 12.1 Å². The summed E-state index contributed by atoms with van der Waals surface area (Å²) >= 11 is 0. The first kappa shape index (κ1) is 10.8. The molecule has 0 amide bonds. The maximum Gasteiger partial charge on any atom is 0.115 e. The van der Waals surface area contributed by atoms with Crippen molar-refractivity contribution in [1.29, 1.82) is 0 Å². The van der Waals surface area contributed by atoms with E-state index in [1.165, 1.54) is 0 Å². The highest BCUT2D eigenvalue weighted by Gasteiger charge is 2.08. The largest absolute Gasteiger partial charge is 0.508 e. The van der Waals surface area contributed by atoms with Crippen molar-refractivity contribution in [3.05, 3.63) is 42.0 Å². The third-order valence-electron chi connectivity index (χ3n) is 2.33. The SMILES string of the molecule is C=CCC(N)c1ccc(O)cc1CC. The number of aromatic hydroxyl groups is 1. The lowest BCUT2D eigenvalue weighted by Gasteiger charge is -2.14. The fraction of sp³-hybridized carbons (Fsp3) is 0.333. The Morgan fingerprint density at radius 3 is 2.86 bits per heavy atom. The summed E-state index contributed by atoms with van der Waals surface area (Å²) < 4.78 is 0. The van der Waals surface area contributed by atoms with E-state index in [0.717, 1.165) is 24.0 Å². The quantitative estimate of drug-likeness (QED) is 0.718. The van der Waals surface area contributed by atoms with Gasteiger partial charge < -0.3 is 10.8 Å². The highest BCUT2D eigenvalue weighted by Crippen LogP contribution is 2.23. The summed E-state index contributed by atoms with van der Waals surface area (Å²) in [7, 11) is 0. The Morgan fingerprint density at radius 2 is 2.29 bits per heavy atom. The van der Waals surface area contributed by atoms with E-state index < -0.39 is 0 Å². The van der Waals surface area contributed by atoms with E-state index in [0.29, 0.717) is 5.75 Å². The van der Waals surface area contributed by atoms with E-state index in [2.05, 4.69) is 13.5 Å². The second kappa shape index (κ2) is 4.82. The van der Waals surface area contributed by atoms with Crippen LogP contribution in [0.2, 0.25) is 0 Å². The van der Waals surface area contributed by atoms with Crippen LogP contribution >= 0.6 is 0 Å². The molecule has 3 N–H and O–H groups in total. The molecule has 0 fully saturated rings. The molecule has 0 spiro atoms. The molecule has 1 aromatic carbocycles. The predicted molar refractivity (Wildman–Crippen MR) is 59.2 cm³/mol. The maximum absolute atomic E-state index is 9.32. The van der Waals surface area contributed by atoms with Gasteiger partial charge in [-0.2, -0.15) is 0 Å².